The molecule has 102 valence electrons. The zero-order valence-electron chi connectivity index (χ0n) is 11.3. The molecule has 0 radical (unpaired) electrons. The number of amides is 1. The molecule has 2 N–H and O–H groups in total. The van der Waals surface area contributed by atoms with Crippen LogP contribution < -0.4 is 10.6 Å². The lowest BCUT2D eigenvalue weighted by Crippen LogP contribution is -2.26. The number of carbonyl (C=O) groups is 1. The predicted octanol–water partition coefficient (Wildman–Crippen LogP) is 2.35. The largest absolute Gasteiger partial charge is 0.353 e. The van der Waals surface area contributed by atoms with Gasteiger partial charge in [0.15, 0.2) is 0 Å². The van der Waals surface area contributed by atoms with E-state index in [1.165, 1.54) is 5.56 Å². The first-order chi connectivity index (χ1) is 9.34. The Hall–Kier alpha value is -1.61. The molecule has 0 aliphatic heterocycles. The first-order valence-electron chi connectivity index (χ1n) is 7.06. The second-order valence-electron chi connectivity index (χ2n) is 4.96. The van der Waals surface area contributed by atoms with Gasteiger partial charge in [-0.05, 0) is 31.4 Å². The molecule has 1 aliphatic rings. The molecule has 1 saturated carbocycles. The maximum absolute atomic E-state index is 11.4. The molecule has 1 aromatic rings. The summed E-state index contributed by atoms with van der Waals surface area (Å²) in [4.78, 5) is 11.4. The summed E-state index contributed by atoms with van der Waals surface area (Å²) in [7, 11) is 0. The Morgan fingerprint density at radius 1 is 1.26 bits per heavy atom. The van der Waals surface area contributed by atoms with Crippen LogP contribution in [0.25, 0.3) is 6.08 Å². The Bertz CT molecular complexity index is 410. The topological polar surface area (TPSA) is 41.1 Å². The lowest BCUT2D eigenvalue weighted by molar-refractivity contribution is -0.121. The van der Waals surface area contributed by atoms with Gasteiger partial charge in [-0.3, -0.25) is 4.79 Å². The van der Waals surface area contributed by atoms with Crippen LogP contribution in [0.1, 0.15) is 31.2 Å². The smallest absolute Gasteiger partial charge is 0.220 e. The third-order valence-corrected chi connectivity index (χ3v) is 3.07. The predicted molar refractivity (Wildman–Crippen MR) is 78.7 cm³/mol. The van der Waals surface area contributed by atoms with Gasteiger partial charge in [0.05, 0.1) is 0 Å². The maximum atomic E-state index is 11.4. The number of benzene rings is 1. The zero-order chi connectivity index (χ0) is 13.3. The first-order valence-corrected chi connectivity index (χ1v) is 7.06. The molecule has 3 nitrogen and oxygen atoms in total. The Balaban J connectivity index is 1.47. The molecule has 1 fully saturated rings. The molecule has 0 aromatic heterocycles. The summed E-state index contributed by atoms with van der Waals surface area (Å²) in [5, 5.41) is 6.31. The summed E-state index contributed by atoms with van der Waals surface area (Å²) >= 11 is 0. The van der Waals surface area contributed by atoms with E-state index in [0.717, 1.165) is 32.4 Å². The maximum Gasteiger partial charge on any atom is 0.220 e. The average Bonchev–Trinajstić information content (AvgIpc) is 3.23. The minimum Gasteiger partial charge on any atom is -0.353 e. The normalized spacial score (nSPS) is 14.7. The Morgan fingerprint density at radius 3 is 2.79 bits per heavy atom. The van der Waals surface area contributed by atoms with Crippen LogP contribution in [0.4, 0.5) is 0 Å². The monoisotopic (exact) mass is 258 g/mol. The van der Waals surface area contributed by atoms with Crippen molar-refractivity contribution in [2.45, 2.75) is 31.7 Å². The van der Waals surface area contributed by atoms with Crippen LogP contribution in [-0.2, 0) is 4.79 Å². The lowest BCUT2D eigenvalue weighted by Gasteiger charge is -2.03. The summed E-state index contributed by atoms with van der Waals surface area (Å²) in [6, 6.07) is 10.7. The third kappa shape index (κ3) is 6.20. The Morgan fingerprint density at radius 2 is 2.05 bits per heavy atom. The van der Waals surface area contributed by atoms with Crippen LogP contribution >= 0.6 is 0 Å². The minimum absolute atomic E-state index is 0.198. The van der Waals surface area contributed by atoms with Gasteiger partial charge in [-0.15, -0.1) is 0 Å². The fraction of sp³-hybridized carbons (Fsp3) is 0.438. The second-order valence-corrected chi connectivity index (χ2v) is 4.96. The molecule has 0 heterocycles. The standard InChI is InChI=1S/C16H22N2O/c19-16(18-15-10-11-15)9-5-13-17-12-4-8-14-6-2-1-3-7-14/h1-4,6-8,15,17H,5,9-13H2,(H,18,19)/b8-4+. The van der Waals surface area contributed by atoms with Gasteiger partial charge in [0.25, 0.3) is 0 Å². The van der Waals surface area contributed by atoms with Crippen molar-refractivity contribution in [3.63, 3.8) is 0 Å². The zero-order valence-corrected chi connectivity index (χ0v) is 11.3. The highest BCUT2D eigenvalue weighted by Gasteiger charge is 2.22. The molecule has 0 unspecified atom stereocenters. The summed E-state index contributed by atoms with van der Waals surface area (Å²) in [5.74, 6) is 0.198. The van der Waals surface area contributed by atoms with E-state index in [2.05, 4.69) is 34.9 Å². The van der Waals surface area contributed by atoms with Crippen molar-refractivity contribution in [2.75, 3.05) is 13.1 Å². The van der Waals surface area contributed by atoms with E-state index in [-0.39, 0.29) is 5.91 Å². The van der Waals surface area contributed by atoms with Crippen LogP contribution in [0.3, 0.4) is 0 Å². The van der Waals surface area contributed by atoms with Gasteiger partial charge in [-0.2, -0.15) is 0 Å². The molecule has 0 atom stereocenters. The highest BCUT2D eigenvalue weighted by Crippen LogP contribution is 2.18. The molecular weight excluding hydrogens is 236 g/mol. The molecule has 1 amide bonds. The second kappa shape index (κ2) is 7.74. The highest BCUT2D eigenvalue weighted by molar-refractivity contribution is 5.76. The molecular formula is C16H22N2O. The van der Waals surface area contributed by atoms with Gasteiger partial charge in [-0.1, -0.05) is 42.5 Å². The van der Waals surface area contributed by atoms with Gasteiger partial charge in [0.2, 0.25) is 5.91 Å². The van der Waals surface area contributed by atoms with E-state index in [1.807, 2.05) is 18.2 Å². The third-order valence-electron chi connectivity index (χ3n) is 3.07. The van der Waals surface area contributed by atoms with Crippen molar-refractivity contribution < 1.29 is 4.79 Å². The van der Waals surface area contributed by atoms with Gasteiger partial charge < -0.3 is 10.6 Å². The molecule has 19 heavy (non-hydrogen) atoms. The summed E-state index contributed by atoms with van der Waals surface area (Å²) in [6.45, 7) is 1.73. The first kappa shape index (κ1) is 13.8. The molecule has 0 spiro atoms. The van der Waals surface area contributed by atoms with E-state index in [1.54, 1.807) is 0 Å². The van der Waals surface area contributed by atoms with Gasteiger partial charge >= 0.3 is 0 Å². The number of nitrogens with one attached hydrogen (secondary N) is 2. The number of hydrogen-bond acceptors (Lipinski definition) is 2. The van der Waals surface area contributed by atoms with Crippen molar-refractivity contribution in [3.8, 4) is 0 Å². The van der Waals surface area contributed by atoms with Crippen molar-refractivity contribution in [3.05, 3.63) is 42.0 Å². The van der Waals surface area contributed by atoms with Crippen LogP contribution in [0.15, 0.2) is 36.4 Å². The summed E-state index contributed by atoms with van der Waals surface area (Å²) in [5.41, 5.74) is 1.22. The van der Waals surface area contributed by atoms with E-state index < -0.39 is 0 Å². The number of rotatable bonds is 8. The summed E-state index contributed by atoms with van der Waals surface area (Å²) < 4.78 is 0. The minimum atomic E-state index is 0.198. The fourth-order valence-electron chi connectivity index (χ4n) is 1.85. The van der Waals surface area contributed by atoms with Crippen molar-refractivity contribution in [1.82, 2.24) is 10.6 Å². The van der Waals surface area contributed by atoms with Crippen LogP contribution in [-0.4, -0.2) is 25.0 Å². The Labute approximate surface area is 115 Å². The fourth-order valence-corrected chi connectivity index (χ4v) is 1.85. The van der Waals surface area contributed by atoms with Crippen molar-refractivity contribution in [2.24, 2.45) is 0 Å². The lowest BCUT2D eigenvalue weighted by atomic mass is 10.2. The molecule has 0 bridgehead atoms. The van der Waals surface area contributed by atoms with Crippen LogP contribution in [0.5, 0.6) is 0 Å². The van der Waals surface area contributed by atoms with Gasteiger partial charge in [-0.25, -0.2) is 0 Å². The Kier molecular flexibility index (Phi) is 5.63. The van der Waals surface area contributed by atoms with Crippen molar-refractivity contribution in [1.29, 1.82) is 0 Å². The molecule has 1 aromatic carbocycles. The molecule has 3 heteroatoms. The van der Waals surface area contributed by atoms with Crippen LogP contribution in [0, 0.1) is 0 Å². The van der Waals surface area contributed by atoms with E-state index in [9.17, 15) is 4.79 Å². The van der Waals surface area contributed by atoms with E-state index in [0.29, 0.717) is 12.5 Å². The highest BCUT2D eigenvalue weighted by atomic mass is 16.1. The van der Waals surface area contributed by atoms with E-state index >= 15 is 0 Å². The van der Waals surface area contributed by atoms with Gasteiger partial charge in [0, 0.05) is 19.0 Å². The number of hydrogen-bond donors (Lipinski definition) is 2. The van der Waals surface area contributed by atoms with Crippen LogP contribution in [0.2, 0.25) is 0 Å². The molecule has 0 saturated heterocycles. The number of carbonyl (C=O) groups excluding carboxylic acids is 1. The molecule has 1 aliphatic carbocycles. The summed E-state index contributed by atoms with van der Waals surface area (Å²) in [6.07, 6.45) is 8.07. The van der Waals surface area contributed by atoms with E-state index in [4.69, 9.17) is 0 Å². The van der Waals surface area contributed by atoms with Crippen molar-refractivity contribution >= 4 is 12.0 Å². The quantitative estimate of drug-likeness (QED) is 0.703. The van der Waals surface area contributed by atoms with Gasteiger partial charge in [0.1, 0.15) is 0 Å². The SMILES string of the molecule is O=C(CCCNC/C=C/c1ccccc1)NC1CC1. The molecule has 2 rings (SSSR count). The average molecular weight is 258 g/mol.